The van der Waals surface area contributed by atoms with Crippen LogP contribution in [0.25, 0.3) is 0 Å². The van der Waals surface area contributed by atoms with Crippen LogP contribution in [-0.2, 0) is 9.59 Å². The number of hydrogen-bond donors (Lipinski definition) is 1. The number of halogens is 1. The van der Waals surface area contributed by atoms with E-state index in [2.05, 4.69) is 5.32 Å². The number of nitrogens with one attached hydrogen (secondary N) is 1. The monoisotopic (exact) mass is 289 g/mol. The van der Waals surface area contributed by atoms with E-state index in [0.717, 1.165) is 31.2 Å². The molecular weight excluding hydrogens is 269 g/mol. The van der Waals surface area contributed by atoms with E-state index < -0.39 is 0 Å². The van der Waals surface area contributed by atoms with E-state index in [1.165, 1.54) is 6.07 Å². The molecule has 1 N–H and O–H groups in total. The van der Waals surface area contributed by atoms with Crippen LogP contribution in [0.5, 0.6) is 0 Å². The molecule has 0 radical (unpaired) electrons. The summed E-state index contributed by atoms with van der Waals surface area (Å²) in [5.41, 5.74) is 1.48. The van der Waals surface area contributed by atoms with Gasteiger partial charge in [-0.3, -0.25) is 14.9 Å². The van der Waals surface area contributed by atoms with Gasteiger partial charge >= 0.3 is 0 Å². The van der Waals surface area contributed by atoms with E-state index in [-0.39, 0.29) is 29.5 Å². The van der Waals surface area contributed by atoms with Gasteiger partial charge in [0, 0.05) is 18.3 Å². The van der Waals surface area contributed by atoms with Crippen molar-refractivity contribution in [3.8, 4) is 0 Å². The van der Waals surface area contributed by atoms with Crippen LogP contribution in [-0.4, -0.2) is 11.8 Å². The van der Waals surface area contributed by atoms with Crippen LogP contribution in [0.1, 0.15) is 49.1 Å². The normalized spacial score (nSPS) is 27.0. The number of rotatable bonds is 2. The Morgan fingerprint density at radius 1 is 1.19 bits per heavy atom. The smallest absolute Gasteiger partial charge is 0.230 e. The summed E-state index contributed by atoms with van der Waals surface area (Å²) in [4.78, 5) is 24.1. The first-order valence-electron chi connectivity index (χ1n) is 7.66. The maximum atomic E-state index is 13.5. The van der Waals surface area contributed by atoms with Crippen molar-refractivity contribution in [3.05, 3.63) is 35.1 Å². The molecule has 2 atom stereocenters. The average molecular weight is 289 g/mol. The molecule has 1 aliphatic heterocycles. The van der Waals surface area contributed by atoms with Crippen LogP contribution < -0.4 is 5.32 Å². The summed E-state index contributed by atoms with van der Waals surface area (Å²) in [6.45, 7) is 1.72. The molecule has 112 valence electrons. The average Bonchev–Trinajstić information content (AvgIpc) is 2.94. The number of benzene rings is 1. The third kappa shape index (κ3) is 2.71. The van der Waals surface area contributed by atoms with Crippen molar-refractivity contribution >= 4 is 11.8 Å². The van der Waals surface area contributed by atoms with Crippen LogP contribution in [0.4, 0.5) is 4.39 Å². The first kappa shape index (κ1) is 14.2. The second kappa shape index (κ2) is 5.58. The molecule has 1 saturated heterocycles. The van der Waals surface area contributed by atoms with Crippen LogP contribution in [0.3, 0.4) is 0 Å². The Hall–Kier alpha value is -1.71. The molecule has 2 amide bonds. The van der Waals surface area contributed by atoms with Gasteiger partial charge in [0.1, 0.15) is 5.82 Å². The molecule has 0 spiro atoms. The zero-order valence-corrected chi connectivity index (χ0v) is 12.2. The number of hydrogen-bond acceptors (Lipinski definition) is 2. The van der Waals surface area contributed by atoms with Crippen molar-refractivity contribution in [2.75, 3.05) is 0 Å². The number of amides is 2. The van der Waals surface area contributed by atoms with Crippen LogP contribution in [0.15, 0.2) is 18.2 Å². The Labute approximate surface area is 123 Å². The predicted octanol–water partition coefficient (Wildman–Crippen LogP) is 3.07. The fraction of sp³-hybridized carbons (Fsp3) is 0.529. The summed E-state index contributed by atoms with van der Waals surface area (Å²) in [7, 11) is 0. The number of aryl methyl sites for hydroxylation is 1. The number of carbonyl (C=O) groups excluding carboxylic acids is 2. The van der Waals surface area contributed by atoms with E-state index >= 15 is 0 Å². The minimum atomic E-state index is -0.247. The lowest BCUT2D eigenvalue weighted by Crippen LogP contribution is -2.47. The topological polar surface area (TPSA) is 46.2 Å². The highest BCUT2D eigenvalue weighted by molar-refractivity contribution is 6.00. The van der Waals surface area contributed by atoms with Gasteiger partial charge in [-0.1, -0.05) is 25.0 Å². The Kier molecular flexibility index (Phi) is 3.79. The molecule has 1 saturated carbocycles. The fourth-order valence-corrected chi connectivity index (χ4v) is 3.86. The SMILES string of the molecule is Cc1cc(C2CC(=O)NC(=O)C2C2CCCC2)ccc1F. The summed E-state index contributed by atoms with van der Waals surface area (Å²) in [6.07, 6.45) is 4.71. The highest BCUT2D eigenvalue weighted by atomic mass is 19.1. The Morgan fingerprint density at radius 3 is 2.57 bits per heavy atom. The van der Waals surface area contributed by atoms with Gasteiger partial charge in [-0.2, -0.15) is 0 Å². The summed E-state index contributed by atoms with van der Waals surface area (Å²) in [5, 5.41) is 2.48. The van der Waals surface area contributed by atoms with Gasteiger partial charge in [-0.15, -0.1) is 0 Å². The molecule has 1 aromatic carbocycles. The van der Waals surface area contributed by atoms with Crippen molar-refractivity contribution in [1.29, 1.82) is 0 Å². The molecule has 0 aromatic heterocycles. The maximum Gasteiger partial charge on any atom is 0.230 e. The van der Waals surface area contributed by atoms with E-state index in [1.807, 2.05) is 0 Å². The number of carbonyl (C=O) groups is 2. The van der Waals surface area contributed by atoms with Gasteiger partial charge in [-0.25, -0.2) is 4.39 Å². The molecule has 4 heteroatoms. The highest BCUT2D eigenvalue weighted by Crippen LogP contribution is 2.42. The van der Waals surface area contributed by atoms with Crippen molar-refractivity contribution in [2.45, 2.75) is 44.9 Å². The predicted molar refractivity (Wildman–Crippen MR) is 77.1 cm³/mol. The van der Waals surface area contributed by atoms with E-state index in [9.17, 15) is 14.0 Å². The molecule has 3 rings (SSSR count). The molecule has 2 fully saturated rings. The largest absolute Gasteiger partial charge is 0.296 e. The molecule has 1 aromatic rings. The van der Waals surface area contributed by atoms with Crippen molar-refractivity contribution < 1.29 is 14.0 Å². The lowest BCUT2D eigenvalue weighted by Gasteiger charge is -2.34. The summed E-state index contributed by atoms with van der Waals surface area (Å²) >= 11 is 0. The van der Waals surface area contributed by atoms with Crippen LogP contribution in [0.2, 0.25) is 0 Å². The number of imide groups is 1. The molecular formula is C17H20FNO2. The lowest BCUT2D eigenvalue weighted by atomic mass is 9.72. The van der Waals surface area contributed by atoms with Gasteiger partial charge in [0.15, 0.2) is 0 Å². The maximum absolute atomic E-state index is 13.5. The minimum absolute atomic E-state index is 0.117. The Morgan fingerprint density at radius 2 is 1.90 bits per heavy atom. The Balaban J connectivity index is 1.95. The van der Waals surface area contributed by atoms with E-state index in [1.54, 1.807) is 19.1 Å². The standard InChI is InChI=1S/C17H20FNO2/c1-10-8-12(6-7-14(10)18)13-9-15(20)19-17(21)16(13)11-4-2-3-5-11/h6-8,11,13,16H,2-5,9H2,1H3,(H,19,20,21). The molecule has 21 heavy (non-hydrogen) atoms. The number of piperidine rings is 1. The summed E-state index contributed by atoms with van der Waals surface area (Å²) in [5.74, 6) is -0.550. The third-order valence-corrected chi connectivity index (χ3v) is 4.92. The van der Waals surface area contributed by atoms with Gasteiger partial charge in [-0.05, 0) is 42.9 Å². The Bertz CT molecular complexity index is 578. The second-order valence-corrected chi connectivity index (χ2v) is 6.30. The quantitative estimate of drug-likeness (QED) is 0.850. The molecule has 3 nitrogen and oxygen atoms in total. The second-order valence-electron chi connectivity index (χ2n) is 6.30. The fourth-order valence-electron chi connectivity index (χ4n) is 3.86. The van der Waals surface area contributed by atoms with Gasteiger partial charge in [0.25, 0.3) is 0 Å². The third-order valence-electron chi connectivity index (χ3n) is 4.92. The summed E-state index contributed by atoms with van der Waals surface area (Å²) in [6, 6.07) is 4.95. The van der Waals surface area contributed by atoms with Crippen molar-refractivity contribution in [1.82, 2.24) is 5.32 Å². The molecule has 1 heterocycles. The van der Waals surface area contributed by atoms with E-state index in [4.69, 9.17) is 0 Å². The highest BCUT2D eigenvalue weighted by Gasteiger charge is 2.42. The summed E-state index contributed by atoms with van der Waals surface area (Å²) < 4.78 is 13.5. The van der Waals surface area contributed by atoms with Crippen LogP contribution in [0, 0.1) is 24.6 Å². The lowest BCUT2D eigenvalue weighted by molar-refractivity contribution is -0.138. The molecule has 2 unspecified atom stereocenters. The van der Waals surface area contributed by atoms with Crippen LogP contribution >= 0.6 is 0 Å². The van der Waals surface area contributed by atoms with Crippen molar-refractivity contribution in [3.63, 3.8) is 0 Å². The first-order valence-corrected chi connectivity index (χ1v) is 7.66. The van der Waals surface area contributed by atoms with Gasteiger partial charge in [0.05, 0.1) is 0 Å². The zero-order chi connectivity index (χ0) is 15.0. The first-order chi connectivity index (χ1) is 10.1. The molecule has 2 aliphatic rings. The minimum Gasteiger partial charge on any atom is -0.296 e. The van der Waals surface area contributed by atoms with E-state index in [0.29, 0.717) is 17.9 Å². The molecule has 1 aliphatic carbocycles. The van der Waals surface area contributed by atoms with Gasteiger partial charge < -0.3 is 0 Å². The van der Waals surface area contributed by atoms with Gasteiger partial charge in [0.2, 0.25) is 11.8 Å². The molecule has 0 bridgehead atoms. The van der Waals surface area contributed by atoms with Crippen molar-refractivity contribution in [2.24, 2.45) is 11.8 Å². The zero-order valence-electron chi connectivity index (χ0n) is 12.2.